The van der Waals surface area contributed by atoms with Gasteiger partial charge in [-0.05, 0) is 28.6 Å². The molecule has 0 aliphatic heterocycles. The number of nitrogen functional groups attached to an aromatic ring is 1. The van der Waals surface area contributed by atoms with E-state index < -0.39 is 5.97 Å². The van der Waals surface area contributed by atoms with Gasteiger partial charge in [0.15, 0.2) is 0 Å². The van der Waals surface area contributed by atoms with Crippen molar-refractivity contribution in [3.63, 3.8) is 0 Å². The van der Waals surface area contributed by atoms with Crippen molar-refractivity contribution in [2.75, 3.05) is 5.73 Å². The van der Waals surface area contributed by atoms with Gasteiger partial charge < -0.3 is 10.8 Å². The van der Waals surface area contributed by atoms with Gasteiger partial charge in [0.05, 0.1) is 5.69 Å². The molecule has 0 radical (unpaired) electrons. The van der Waals surface area contributed by atoms with Gasteiger partial charge in [0, 0.05) is 5.69 Å². The second-order valence-corrected chi connectivity index (χ2v) is 2.81. The predicted molar refractivity (Wildman–Crippen MR) is 50.5 cm³/mol. The summed E-state index contributed by atoms with van der Waals surface area (Å²) >= 11 is 0. The van der Waals surface area contributed by atoms with E-state index in [1.54, 1.807) is 24.3 Å². The molecule has 2 rings (SSSR count). The summed E-state index contributed by atoms with van der Waals surface area (Å²) in [5.41, 5.74) is 6.59. The Hall–Kier alpha value is -2.44. The highest BCUT2D eigenvalue weighted by molar-refractivity contribution is 5.83. The molecule has 3 N–H and O–H groups in total. The van der Waals surface area contributed by atoms with Gasteiger partial charge in [-0.3, -0.25) is 0 Å². The Bertz CT molecular complexity index is 507. The van der Waals surface area contributed by atoms with E-state index in [0.717, 1.165) is 4.68 Å². The monoisotopic (exact) mass is 205 g/mol. The molecular formula is C8H7N5O2. The maximum atomic E-state index is 10.7. The van der Waals surface area contributed by atoms with Crippen molar-refractivity contribution in [1.82, 2.24) is 20.2 Å². The summed E-state index contributed by atoms with van der Waals surface area (Å²) in [6.45, 7) is 0. The van der Waals surface area contributed by atoms with Gasteiger partial charge in [0.2, 0.25) is 0 Å². The molecule has 0 aliphatic carbocycles. The Morgan fingerprint density at radius 2 is 2.27 bits per heavy atom. The molecule has 0 fully saturated rings. The van der Waals surface area contributed by atoms with Gasteiger partial charge in [0.1, 0.15) is 0 Å². The standard InChI is InChI=1S/C8H7N5O2/c9-5-2-1-3-6(4-5)13-7(8(14)15)10-11-12-13/h1-4H,9H2,(H,14,15). The van der Waals surface area contributed by atoms with E-state index in [4.69, 9.17) is 10.8 Å². The van der Waals surface area contributed by atoms with Crippen molar-refractivity contribution in [3.05, 3.63) is 30.1 Å². The topological polar surface area (TPSA) is 107 Å². The highest BCUT2D eigenvalue weighted by Gasteiger charge is 2.14. The molecule has 0 unspecified atom stereocenters. The highest BCUT2D eigenvalue weighted by atomic mass is 16.4. The maximum absolute atomic E-state index is 10.7. The van der Waals surface area contributed by atoms with Crippen LogP contribution in [0.3, 0.4) is 0 Å². The lowest BCUT2D eigenvalue weighted by Crippen LogP contribution is -2.09. The van der Waals surface area contributed by atoms with Crippen molar-refractivity contribution in [2.45, 2.75) is 0 Å². The van der Waals surface area contributed by atoms with Crippen LogP contribution in [-0.4, -0.2) is 31.3 Å². The zero-order valence-electron chi connectivity index (χ0n) is 7.53. The van der Waals surface area contributed by atoms with E-state index in [2.05, 4.69) is 15.5 Å². The Morgan fingerprint density at radius 1 is 1.47 bits per heavy atom. The summed E-state index contributed by atoms with van der Waals surface area (Å²) in [5.74, 6) is -1.44. The Morgan fingerprint density at radius 3 is 2.93 bits per heavy atom. The van der Waals surface area contributed by atoms with Crippen LogP contribution in [0.1, 0.15) is 10.6 Å². The first kappa shape index (κ1) is 9.13. The lowest BCUT2D eigenvalue weighted by atomic mass is 10.3. The molecule has 0 aliphatic rings. The van der Waals surface area contributed by atoms with Gasteiger partial charge >= 0.3 is 5.97 Å². The summed E-state index contributed by atoms with van der Waals surface area (Å²) in [7, 11) is 0. The molecule has 0 atom stereocenters. The van der Waals surface area contributed by atoms with Crippen molar-refractivity contribution >= 4 is 11.7 Å². The van der Waals surface area contributed by atoms with Crippen molar-refractivity contribution in [1.29, 1.82) is 0 Å². The van der Waals surface area contributed by atoms with Gasteiger partial charge in [0.25, 0.3) is 5.82 Å². The van der Waals surface area contributed by atoms with Crippen LogP contribution in [0.4, 0.5) is 5.69 Å². The number of carbonyl (C=O) groups is 1. The number of benzene rings is 1. The molecule has 15 heavy (non-hydrogen) atoms. The van der Waals surface area contributed by atoms with E-state index in [9.17, 15) is 4.79 Å². The lowest BCUT2D eigenvalue weighted by molar-refractivity contribution is 0.0680. The fraction of sp³-hybridized carbons (Fsp3) is 0. The fourth-order valence-corrected chi connectivity index (χ4v) is 1.15. The number of aromatic carboxylic acids is 1. The van der Waals surface area contributed by atoms with Crippen LogP contribution in [0, 0.1) is 0 Å². The summed E-state index contributed by atoms with van der Waals surface area (Å²) < 4.78 is 1.11. The number of nitrogens with zero attached hydrogens (tertiary/aromatic N) is 4. The van der Waals surface area contributed by atoms with Crippen LogP contribution >= 0.6 is 0 Å². The molecule has 7 nitrogen and oxygen atoms in total. The van der Waals surface area contributed by atoms with Crippen molar-refractivity contribution in [3.8, 4) is 5.69 Å². The lowest BCUT2D eigenvalue weighted by Gasteiger charge is -2.01. The molecule has 0 bridgehead atoms. The zero-order chi connectivity index (χ0) is 10.8. The van der Waals surface area contributed by atoms with Crippen LogP contribution in [0.15, 0.2) is 24.3 Å². The minimum absolute atomic E-state index is 0.249. The molecule has 0 saturated heterocycles. The number of hydrogen-bond acceptors (Lipinski definition) is 5. The van der Waals surface area contributed by atoms with E-state index >= 15 is 0 Å². The van der Waals surface area contributed by atoms with E-state index in [1.165, 1.54) is 0 Å². The van der Waals surface area contributed by atoms with Gasteiger partial charge in [-0.15, -0.1) is 5.10 Å². The van der Waals surface area contributed by atoms with Crippen LogP contribution in [0.5, 0.6) is 0 Å². The number of aromatic nitrogens is 4. The predicted octanol–water partition coefficient (Wildman–Crippen LogP) is -0.0573. The summed E-state index contributed by atoms with van der Waals surface area (Å²) in [4.78, 5) is 10.7. The number of carboxylic acids is 1. The van der Waals surface area contributed by atoms with Crippen molar-refractivity contribution in [2.24, 2.45) is 0 Å². The van der Waals surface area contributed by atoms with Crippen LogP contribution in [0.25, 0.3) is 5.69 Å². The van der Waals surface area contributed by atoms with Crippen molar-refractivity contribution < 1.29 is 9.90 Å². The number of rotatable bonds is 2. The number of tetrazole rings is 1. The van der Waals surface area contributed by atoms with E-state index in [1.807, 2.05) is 0 Å². The fourth-order valence-electron chi connectivity index (χ4n) is 1.15. The first-order chi connectivity index (χ1) is 7.18. The molecule has 76 valence electrons. The number of nitrogens with two attached hydrogens (primary N) is 1. The second kappa shape index (κ2) is 3.37. The third-order valence-corrected chi connectivity index (χ3v) is 1.78. The number of carboxylic acid groups (broad SMARTS) is 1. The number of hydrogen-bond donors (Lipinski definition) is 2. The molecular weight excluding hydrogens is 198 g/mol. The largest absolute Gasteiger partial charge is 0.475 e. The Balaban J connectivity index is 2.54. The Kier molecular flexibility index (Phi) is 2.05. The minimum Gasteiger partial charge on any atom is -0.475 e. The molecule has 2 aromatic rings. The Labute approximate surface area is 84.1 Å². The van der Waals surface area contributed by atoms with E-state index in [-0.39, 0.29) is 5.82 Å². The molecule has 1 heterocycles. The van der Waals surface area contributed by atoms with Gasteiger partial charge in [-0.25, -0.2) is 4.79 Å². The van der Waals surface area contributed by atoms with E-state index in [0.29, 0.717) is 11.4 Å². The SMILES string of the molecule is Nc1cccc(-n2nnnc2C(=O)O)c1. The second-order valence-electron chi connectivity index (χ2n) is 2.81. The molecule has 1 aromatic carbocycles. The third-order valence-electron chi connectivity index (χ3n) is 1.78. The summed E-state index contributed by atoms with van der Waals surface area (Å²) in [5, 5.41) is 19.0. The first-order valence-electron chi connectivity index (χ1n) is 4.06. The average molecular weight is 205 g/mol. The zero-order valence-corrected chi connectivity index (χ0v) is 7.53. The quantitative estimate of drug-likeness (QED) is 0.665. The van der Waals surface area contributed by atoms with Crippen LogP contribution in [-0.2, 0) is 0 Å². The molecule has 7 heteroatoms. The van der Waals surface area contributed by atoms with Crippen LogP contribution in [0.2, 0.25) is 0 Å². The number of anilines is 1. The minimum atomic E-state index is -1.19. The first-order valence-corrected chi connectivity index (χ1v) is 4.06. The summed E-state index contributed by atoms with van der Waals surface area (Å²) in [6.07, 6.45) is 0. The molecule has 0 saturated carbocycles. The smallest absolute Gasteiger partial charge is 0.376 e. The highest BCUT2D eigenvalue weighted by Crippen LogP contribution is 2.11. The molecule has 0 spiro atoms. The average Bonchev–Trinajstić information content (AvgIpc) is 2.65. The third kappa shape index (κ3) is 1.62. The summed E-state index contributed by atoms with van der Waals surface area (Å²) in [6, 6.07) is 6.63. The van der Waals surface area contributed by atoms with Gasteiger partial charge in [-0.1, -0.05) is 6.07 Å². The normalized spacial score (nSPS) is 10.1. The molecule has 0 amide bonds. The molecule has 1 aromatic heterocycles. The van der Waals surface area contributed by atoms with Gasteiger partial charge in [-0.2, -0.15) is 4.68 Å². The van der Waals surface area contributed by atoms with Crippen LogP contribution < -0.4 is 5.73 Å². The maximum Gasteiger partial charge on any atom is 0.376 e.